The number of rotatable bonds is 6. The summed E-state index contributed by atoms with van der Waals surface area (Å²) in [6.45, 7) is 2.60. The molecular weight excluding hydrogens is 386 g/mol. The van der Waals surface area contributed by atoms with Gasteiger partial charge in [-0.1, -0.05) is 18.2 Å². The lowest BCUT2D eigenvalue weighted by Crippen LogP contribution is -2.47. The average molecular weight is 410 g/mol. The Morgan fingerprint density at radius 3 is 2.71 bits per heavy atom. The molecule has 2 aromatic carbocycles. The van der Waals surface area contributed by atoms with E-state index in [1.807, 2.05) is 31.2 Å². The maximum Gasteiger partial charge on any atom is 0.341 e. The fourth-order valence-corrected chi connectivity index (χ4v) is 2.86. The van der Waals surface area contributed by atoms with Gasteiger partial charge in [-0.3, -0.25) is 0 Å². The van der Waals surface area contributed by atoms with E-state index in [2.05, 4.69) is 10.1 Å². The number of halogens is 1. The van der Waals surface area contributed by atoms with E-state index in [0.717, 1.165) is 5.75 Å². The molecule has 0 saturated carbocycles. The molecule has 1 aliphatic rings. The van der Waals surface area contributed by atoms with Crippen molar-refractivity contribution in [1.29, 1.82) is 0 Å². The molecule has 2 aromatic rings. The molecule has 0 aromatic heterocycles. The Bertz CT molecular complexity index is 815. The van der Waals surface area contributed by atoms with Gasteiger partial charge in [0.25, 0.3) is 0 Å². The third kappa shape index (κ3) is 4.86. The van der Waals surface area contributed by atoms with E-state index < -0.39 is 12.1 Å². The number of aromatic hydroxyl groups is 1. The van der Waals surface area contributed by atoms with Crippen LogP contribution in [0.15, 0.2) is 42.5 Å². The number of para-hydroxylation sites is 2. The van der Waals surface area contributed by atoms with E-state index in [1.165, 1.54) is 19.2 Å². The first-order valence-electron chi connectivity index (χ1n) is 8.70. The van der Waals surface area contributed by atoms with Gasteiger partial charge in [0.2, 0.25) is 0 Å². The molecule has 152 valence electrons. The molecule has 0 bridgehead atoms. The number of hydrogen-bond acceptors (Lipinski definition) is 7. The van der Waals surface area contributed by atoms with Gasteiger partial charge in [0, 0.05) is 12.6 Å². The van der Waals surface area contributed by atoms with Gasteiger partial charge in [0.1, 0.15) is 24.0 Å². The van der Waals surface area contributed by atoms with Crippen LogP contribution in [0.5, 0.6) is 17.2 Å². The lowest BCUT2D eigenvalue weighted by molar-refractivity contribution is 0.0595. The van der Waals surface area contributed by atoms with E-state index in [-0.39, 0.29) is 42.4 Å². The maximum absolute atomic E-state index is 11.7. The van der Waals surface area contributed by atoms with Crippen LogP contribution in [0.4, 0.5) is 0 Å². The summed E-state index contributed by atoms with van der Waals surface area (Å²) < 4.78 is 16.3. The minimum absolute atomic E-state index is 0. The molecular formula is C20H24ClNO6. The Labute approximate surface area is 169 Å². The van der Waals surface area contributed by atoms with Crippen molar-refractivity contribution in [2.45, 2.75) is 25.2 Å². The molecule has 7 nitrogen and oxygen atoms in total. The highest BCUT2D eigenvalue weighted by atomic mass is 35.5. The number of ether oxygens (including phenoxy) is 3. The summed E-state index contributed by atoms with van der Waals surface area (Å²) in [5.41, 5.74) is 0.516. The molecule has 0 aliphatic carbocycles. The van der Waals surface area contributed by atoms with Crippen molar-refractivity contribution in [3.05, 3.63) is 53.6 Å². The molecule has 0 radical (unpaired) electrons. The summed E-state index contributed by atoms with van der Waals surface area (Å²) in [5, 5.41) is 23.4. The summed E-state index contributed by atoms with van der Waals surface area (Å²) in [6.07, 6.45) is -1.06. The molecule has 3 atom stereocenters. The van der Waals surface area contributed by atoms with Gasteiger partial charge in [0.05, 0.1) is 13.2 Å². The number of hydrogen-bond donors (Lipinski definition) is 3. The van der Waals surface area contributed by atoms with E-state index in [1.54, 1.807) is 6.07 Å². The minimum atomic E-state index is -0.867. The van der Waals surface area contributed by atoms with Crippen molar-refractivity contribution < 1.29 is 29.2 Å². The van der Waals surface area contributed by atoms with Crippen molar-refractivity contribution in [3.8, 4) is 17.2 Å². The van der Waals surface area contributed by atoms with Crippen molar-refractivity contribution in [3.63, 3.8) is 0 Å². The first kappa shape index (κ1) is 21.8. The second kappa shape index (κ2) is 9.64. The predicted octanol–water partition coefficient (Wildman–Crippen LogP) is 2.45. The van der Waals surface area contributed by atoms with Crippen LogP contribution in [0, 0.1) is 0 Å². The van der Waals surface area contributed by atoms with Crippen LogP contribution >= 0.6 is 12.4 Å². The van der Waals surface area contributed by atoms with Crippen LogP contribution in [0.1, 0.15) is 28.9 Å². The summed E-state index contributed by atoms with van der Waals surface area (Å²) in [4.78, 5) is 11.7. The van der Waals surface area contributed by atoms with Crippen molar-refractivity contribution in [2.75, 3.05) is 20.3 Å². The monoisotopic (exact) mass is 409 g/mol. The Morgan fingerprint density at radius 1 is 1.29 bits per heavy atom. The third-order valence-electron chi connectivity index (χ3n) is 4.53. The van der Waals surface area contributed by atoms with E-state index in [9.17, 15) is 15.0 Å². The number of phenolic OH excluding ortho intramolecular Hbond substituents is 1. The minimum Gasteiger partial charge on any atom is -0.507 e. The van der Waals surface area contributed by atoms with Crippen molar-refractivity contribution in [2.24, 2.45) is 0 Å². The molecule has 0 saturated heterocycles. The highest BCUT2D eigenvalue weighted by Gasteiger charge is 2.26. The number of phenols is 1. The fraction of sp³-hybridized carbons (Fsp3) is 0.350. The lowest BCUT2D eigenvalue weighted by atomic mass is 10.0. The Hall–Kier alpha value is -2.48. The summed E-state index contributed by atoms with van der Waals surface area (Å²) in [6, 6.07) is 11.8. The Morgan fingerprint density at radius 2 is 2.00 bits per heavy atom. The van der Waals surface area contributed by atoms with Gasteiger partial charge in [-0.05, 0) is 36.8 Å². The summed E-state index contributed by atoms with van der Waals surface area (Å²) >= 11 is 0. The summed E-state index contributed by atoms with van der Waals surface area (Å²) in [5.74, 6) is 0.574. The average Bonchev–Trinajstić information content (AvgIpc) is 2.71. The van der Waals surface area contributed by atoms with Gasteiger partial charge in [-0.2, -0.15) is 0 Å². The molecule has 0 amide bonds. The number of aliphatic hydroxyl groups excluding tert-OH is 1. The quantitative estimate of drug-likeness (QED) is 0.630. The Balaban J connectivity index is 0.00000280. The normalized spacial score (nSPS) is 17.2. The standard InChI is InChI=1S/C20H23NO6.ClH/c1-12(19-11-26-17-5-3-4-6-18(17)27-19)21-10-16(23)13-7-8-15(22)14(9-13)20(24)25-2;/h3-9,12,16,19,21-23H,10-11H2,1-2H3;1H. The third-order valence-corrected chi connectivity index (χ3v) is 4.53. The van der Waals surface area contributed by atoms with Crippen LogP contribution in [0.25, 0.3) is 0 Å². The number of nitrogens with one attached hydrogen (secondary N) is 1. The zero-order valence-corrected chi connectivity index (χ0v) is 16.4. The predicted molar refractivity (Wildman–Crippen MR) is 105 cm³/mol. The van der Waals surface area contributed by atoms with E-state index in [4.69, 9.17) is 9.47 Å². The number of aliphatic hydroxyl groups is 1. The highest BCUT2D eigenvalue weighted by Crippen LogP contribution is 2.31. The molecule has 0 spiro atoms. The molecule has 1 heterocycles. The number of carbonyl (C=O) groups excluding carboxylic acids is 1. The molecule has 0 fully saturated rings. The first-order valence-corrected chi connectivity index (χ1v) is 8.70. The lowest BCUT2D eigenvalue weighted by Gasteiger charge is -2.31. The Kier molecular flexibility index (Phi) is 7.51. The van der Waals surface area contributed by atoms with Gasteiger partial charge in [0.15, 0.2) is 11.5 Å². The van der Waals surface area contributed by atoms with Crippen LogP contribution < -0.4 is 14.8 Å². The van der Waals surface area contributed by atoms with Crippen molar-refractivity contribution in [1.82, 2.24) is 5.32 Å². The SMILES string of the molecule is COC(=O)c1cc(C(O)CNC(C)C2COc3ccccc3O2)ccc1O.Cl. The van der Waals surface area contributed by atoms with Crippen LogP contribution in [0.2, 0.25) is 0 Å². The van der Waals surface area contributed by atoms with Crippen LogP contribution in [-0.2, 0) is 4.74 Å². The molecule has 3 N–H and O–H groups in total. The van der Waals surface area contributed by atoms with E-state index in [0.29, 0.717) is 17.9 Å². The molecule has 3 unspecified atom stereocenters. The second-order valence-corrected chi connectivity index (χ2v) is 6.39. The molecule has 3 rings (SSSR count). The summed E-state index contributed by atoms with van der Waals surface area (Å²) in [7, 11) is 1.23. The number of methoxy groups -OCH3 is 1. The van der Waals surface area contributed by atoms with E-state index >= 15 is 0 Å². The van der Waals surface area contributed by atoms with Crippen LogP contribution in [-0.4, -0.2) is 48.6 Å². The fourth-order valence-electron chi connectivity index (χ4n) is 2.86. The number of benzene rings is 2. The van der Waals surface area contributed by atoms with Gasteiger partial charge in [-0.15, -0.1) is 12.4 Å². The zero-order chi connectivity index (χ0) is 19.4. The molecule has 1 aliphatic heterocycles. The topological polar surface area (TPSA) is 97.3 Å². The van der Waals surface area contributed by atoms with Gasteiger partial charge in [-0.25, -0.2) is 4.79 Å². The highest BCUT2D eigenvalue weighted by molar-refractivity contribution is 5.92. The largest absolute Gasteiger partial charge is 0.507 e. The first-order chi connectivity index (χ1) is 13.0. The number of esters is 1. The maximum atomic E-state index is 11.7. The zero-order valence-electron chi connectivity index (χ0n) is 15.6. The number of fused-ring (bicyclic) bond motifs is 1. The van der Waals surface area contributed by atoms with Crippen LogP contribution in [0.3, 0.4) is 0 Å². The van der Waals surface area contributed by atoms with Gasteiger partial charge >= 0.3 is 5.97 Å². The second-order valence-electron chi connectivity index (χ2n) is 6.39. The van der Waals surface area contributed by atoms with Crippen molar-refractivity contribution >= 4 is 18.4 Å². The smallest absolute Gasteiger partial charge is 0.341 e. The molecule has 28 heavy (non-hydrogen) atoms. The van der Waals surface area contributed by atoms with Gasteiger partial charge < -0.3 is 29.7 Å². The number of carbonyl (C=O) groups is 1. The molecule has 8 heteroatoms.